The monoisotopic (exact) mass is 193 g/mol. The molecule has 0 N–H and O–H groups in total. The van der Waals surface area contributed by atoms with Crippen molar-refractivity contribution in [1.29, 1.82) is 0 Å². The molecule has 0 saturated heterocycles. The van der Waals surface area contributed by atoms with Crippen LogP contribution in [-0.2, 0) is 4.74 Å². The second-order valence-electron chi connectivity index (χ2n) is 2.59. The second kappa shape index (κ2) is 7.37. The van der Waals surface area contributed by atoms with Crippen LogP contribution in [0.25, 0.3) is 0 Å². The topological polar surface area (TPSA) is 29.5 Å². The van der Waals surface area contributed by atoms with Gasteiger partial charge in [0, 0.05) is 20.2 Å². The van der Waals surface area contributed by atoms with Crippen molar-refractivity contribution in [3.05, 3.63) is 0 Å². The summed E-state index contributed by atoms with van der Waals surface area (Å²) >= 11 is 5.35. The molecule has 3 nitrogen and oxygen atoms in total. The van der Waals surface area contributed by atoms with E-state index in [-0.39, 0.29) is 5.37 Å². The molecule has 0 aromatic heterocycles. The Kier molecular flexibility index (Phi) is 7.20. The maximum atomic E-state index is 10.8. The van der Waals surface area contributed by atoms with E-state index in [0.29, 0.717) is 13.2 Å². The van der Waals surface area contributed by atoms with E-state index in [1.807, 2.05) is 0 Å². The van der Waals surface area contributed by atoms with E-state index in [9.17, 15) is 4.79 Å². The van der Waals surface area contributed by atoms with Crippen molar-refractivity contribution in [3.63, 3.8) is 0 Å². The molecule has 0 rings (SSSR count). The number of rotatable bonds is 6. The van der Waals surface area contributed by atoms with E-state index in [0.717, 1.165) is 19.4 Å². The summed E-state index contributed by atoms with van der Waals surface area (Å²) in [5.41, 5.74) is 0. The van der Waals surface area contributed by atoms with Crippen LogP contribution < -0.4 is 0 Å². The first-order chi connectivity index (χ1) is 5.72. The summed E-state index contributed by atoms with van der Waals surface area (Å²) < 4.78 is 4.85. The molecule has 0 saturated carbocycles. The number of amides is 1. The van der Waals surface area contributed by atoms with Crippen LogP contribution in [0.1, 0.15) is 19.8 Å². The van der Waals surface area contributed by atoms with Crippen LogP contribution in [-0.4, -0.2) is 37.1 Å². The van der Waals surface area contributed by atoms with E-state index in [4.69, 9.17) is 16.3 Å². The molecule has 0 aliphatic rings. The van der Waals surface area contributed by atoms with Gasteiger partial charge in [0.25, 0.3) is 0 Å². The quantitative estimate of drug-likeness (QED) is 0.478. The van der Waals surface area contributed by atoms with Gasteiger partial charge in [-0.25, -0.2) is 0 Å². The van der Waals surface area contributed by atoms with Crippen LogP contribution in [0, 0.1) is 0 Å². The molecule has 0 atom stereocenters. The molecule has 1 amide bonds. The first kappa shape index (κ1) is 11.7. The smallest absolute Gasteiger partial charge is 0.316 e. The number of hydrogen-bond acceptors (Lipinski definition) is 2. The molecule has 0 radical (unpaired) electrons. The Balaban J connectivity index is 3.62. The number of carbonyl (C=O) groups is 1. The van der Waals surface area contributed by atoms with Gasteiger partial charge in [-0.3, -0.25) is 4.79 Å². The summed E-state index contributed by atoms with van der Waals surface area (Å²) in [6.07, 6.45) is 2.05. The lowest BCUT2D eigenvalue weighted by Crippen LogP contribution is -2.30. The van der Waals surface area contributed by atoms with E-state index in [2.05, 4.69) is 6.92 Å². The number of methoxy groups -OCH3 is 1. The SMILES string of the molecule is CCCCN(CCOC)C(=O)Cl. The van der Waals surface area contributed by atoms with Crippen molar-refractivity contribution in [1.82, 2.24) is 4.90 Å². The average molecular weight is 194 g/mol. The Labute approximate surface area is 78.6 Å². The second-order valence-corrected chi connectivity index (χ2v) is 2.91. The Hall–Kier alpha value is -0.280. The highest BCUT2D eigenvalue weighted by molar-refractivity contribution is 6.62. The van der Waals surface area contributed by atoms with Crippen LogP contribution in [0.15, 0.2) is 0 Å². The third-order valence-corrected chi connectivity index (χ3v) is 1.83. The third-order valence-electron chi connectivity index (χ3n) is 1.60. The zero-order valence-corrected chi connectivity index (χ0v) is 8.43. The van der Waals surface area contributed by atoms with E-state index >= 15 is 0 Å². The lowest BCUT2D eigenvalue weighted by molar-refractivity contribution is 0.159. The van der Waals surface area contributed by atoms with Gasteiger partial charge in [-0.2, -0.15) is 0 Å². The van der Waals surface area contributed by atoms with Gasteiger partial charge in [0.15, 0.2) is 0 Å². The van der Waals surface area contributed by atoms with Crippen molar-refractivity contribution in [2.45, 2.75) is 19.8 Å². The highest BCUT2D eigenvalue weighted by Crippen LogP contribution is 1.99. The fourth-order valence-corrected chi connectivity index (χ4v) is 1.01. The average Bonchev–Trinajstić information content (AvgIpc) is 2.04. The predicted octanol–water partition coefficient (Wildman–Crippen LogP) is 2.09. The van der Waals surface area contributed by atoms with Gasteiger partial charge in [0.05, 0.1) is 6.61 Å². The molecule has 0 aliphatic carbocycles. The van der Waals surface area contributed by atoms with Gasteiger partial charge >= 0.3 is 5.37 Å². The number of hydrogen-bond donors (Lipinski definition) is 0. The standard InChI is InChI=1S/C8H16ClNO2/c1-3-4-5-10(8(9)11)6-7-12-2/h3-7H2,1-2H3. The molecular formula is C8H16ClNO2. The molecule has 4 heteroatoms. The first-order valence-electron chi connectivity index (χ1n) is 4.15. The van der Waals surface area contributed by atoms with Gasteiger partial charge in [-0.15, -0.1) is 0 Å². The van der Waals surface area contributed by atoms with E-state index < -0.39 is 0 Å². The highest BCUT2D eigenvalue weighted by Gasteiger charge is 2.08. The highest BCUT2D eigenvalue weighted by atomic mass is 35.5. The van der Waals surface area contributed by atoms with Crippen molar-refractivity contribution < 1.29 is 9.53 Å². The molecule has 0 bridgehead atoms. The lowest BCUT2D eigenvalue weighted by Gasteiger charge is -2.18. The minimum absolute atomic E-state index is 0.388. The molecule has 12 heavy (non-hydrogen) atoms. The third kappa shape index (κ3) is 5.38. The minimum atomic E-state index is -0.388. The molecule has 0 heterocycles. The van der Waals surface area contributed by atoms with Crippen molar-refractivity contribution in [2.75, 3.05) is 26.8 Å². The maximum Gasteiger partial charge on any atom is 0.316 e. The number of carbonyl (C=O) groups excluding carboxylic acids is 1. The van der Waals surface area contributed by atoms with Gasteiger partial charge in [0.2, 0.25) is 0 Å². The van der Waals surface area contributed by atoms with Crippen LogP contribution in [0.3, 0.4) is 0 Å². The number of ether oxygens (including phenoxy) is 1. The normalized spacial score (nSPS) is 9.92. The van der Waals surface area contributed by atoms with Gasteiger partial charge in [-0.1, -0.05) is 13.3 Å². The maximum absolute atomic E-state index is 10.8. The van der Waals surface area contributed by atoms with E-state index in [1.165, 1.54) is 0 Å². The lowest BCUT2D eigenvalue weighted by atomic mass is 10.3. The molecule has 0 fully saturated rings. The molecule has 0 spiro atoms. The fraction of sp³-hybridized carbons (Fsp3) is 0.875. The Bertz CT molecular complexity index is 122. The zero-order valence-electron chi connectivity index (χ0n) is 7.68. The summed E-state index contributed by atoms with van der Waals surface area (Å²) in [6, 6.07) is 0. The Morgan fingerprint density at radius 2 is 2.17 bits per heavy atom. The zero-order chi connectivity index (χ0) is 9.40. The largest absolute Gasteiger partial charge is 0.383 e. The Morgan fingerprint density at radius 1 is 1.50 bits per heavy atom. The summed E-state index contributed by atoms with van der Waals surface area (Å²) in [4.78, 5) is 12.4. The van der Waals surface area contributed by atoms with Gasteiger partial charge < -0.3 is 9.64 Å². The van der Waals surface area contributed by atoms with Gasteiger partial charge in [-0.05, 0) is 18.0 Å². The predicted molar refractivity (Wildman–Crippen MR) is 49.6 cm³/mol. The summed E-state index contributed by atoms with van der Waals surface area (Å²) in [5.74, 6) is 0. The van der Waals surface area contributed by atoms with Crippen LogP contribution >= 0.6 is 11.6 Å². The number of halogens is 1. The van der Waals surface area contributed by atoms with E-state index in [1.54, 1.807) is 12.0 Å². The minimum Gasteiger partial charge on any atom is -0.383 e. The number of unbranched alkanes of at least 4 members (excludes halogenated alkanes) is 1. The van der Waals surface area contributed by atoms with Gasteiger partial charge in [0.1, 0.15) is 0 Å². The van der Waals surface area contributed by atoms with Crippen molar-refractivity contribution in [3.8, 4) is 0 Å². The molecule has 0 aliphatic heterocycles. The molecule has 0 aromatic carbocycles. The van der Waals surface area contributed by atoms with Crippen LogP contribution in [0.5, 0.6) is 0 Å². The first-order valence-corrected chi connectivity index (χ1v) is 4.53. The fourth-order valence-electron chi connectivity index (χ4n) is 0.838. The van der Waals surface area contributed by atoms with Crippen LogP contribution in [0.4, 0.5) is 4.79 Å². The van der Waals surface area contributed by atoms with Crippen molar-refractivity contribution in [2.24, 2.45) is 0 Å². The summed E-state index contributed by atoms with van der Waals surface area (Å²) in [5, 5.41) is -0.388. The molecule has 72 valence electrons. The molecular weight excluding hydrogens is 178 g/mol. The molecule has 0 unspecified atom stereocenters. The van der Waals surface area contributed by atoms with Crippen LogP contribution in [0.2, 0.25) is 0 Å². The summed E-state index contributed by atoms with van der Waals surface area (Å²) in [7, 11) is 1.61. The molecule has 0 aromatic rings. The van der Waals surface area contributed by atoms with Crippen molar-refractivity contribution >= 4 is 17.0 Å². The Morgan fingerprint density at radius 3 is 2.58 bits per heavy atom. The summed E-state index contributed by atoms with van der Waals surface area (Å²) in [6.45, 7) is 3.93. The number of nitrogens with zero attached hydrogens (tertiary/aromatic N) is 1.